The van der Waals surface area contributed by atoms with Crippen LogP contribution in [0.1, 0.15) is 16.2 Å². The highest BCUT2D eigenvalue weighted by Gasteiger charge is 2.14. The first-order valence-electron chi connectivity index (χ1n) is 5.82. The summed E-state index contributed by atoms with van der Waals surface area (Å²) >= 11 is 0. The monoisotopic (exact) mass is 253 g/mol. The summed E-state index contributed by atoms with van der Waals surface area (Å²) in [6, 6.07) is 11.0. The Morgan fingerprint density at radius 3 is 2.84 bits per heavy atom. The Kier molecular flexibility index (Phi) is 2.72. The molecule has 3 rings (SSSR count). The minimum atomic E-state index is -0.940. The van der Waals surface area contributed by atoms with Crippen LogP contribution >= 0.6 is 0 Å². The number of hydrogen-bond donors (Lipinski definition) is 1. The Labute approximate surface area is 109 Å². The summed E-state index contributed by atoms with van der Waals surface area (Å²) in [6.07, 6.45) is 3.11. The number of aromatic nitrogens is 3. The molecule has 0 radical (unpaired) electrons. The fourth-order valence-corrected chi connectivity index (χ4v) is 2.13. The summed E-state index contributed by atoms with van der Waals surface area (Å²) in [5, 5.41) is 10.2. The van der Waals surface area contributed by atoms with Gasteiger partial charge >= 0.3 is 5.97 Å². The third kappa shape index (κ3) is 2.06. The largest absolute Gasteiger partial charge is 0.477 e. The lowest BCUT2D eigenvalue weighted by atomic mass is 10.2. The summed E-state index contributed by atoms with van der Waals surface area (Å²) in [6.45, 7) is 0.414. The average molecular weight is 253 g/mol. The molecule has 0 saturated heterocycles. The summed E-state index contributed by atoms with van der Waals surface area (Å²) in [5.74, 6) is -0.940. The maximum absolute atomic E-state index is 11.3. The van der Waals surface area contributed by atoms with E-state index >= 15 is 0 Å². The van der Waals surface area contributed by atoms with Crippen LogP contribution < -0.4 is 0 Å². The zero-order chi connectivity index (χ0) is 13.2. The first-order chi connectivity index (χ1) is 9.25. The van der Waals surface area contributed by atoms with Crippen LogP contribution in [0.5, 0.6) is 0 Å². The van der Waals surface area contributed by atoms with Crippen LogP contribution in [0.25, 0.3) is 10.9 Å². The Hall–Kier alpha value is -2.69. The van der Waals surface area contributed by atoms with Crippen molar-refractivity contribution in [2.45, 2.75) is 6.54 Å². The van der Waals surface area contributed by atoms with Crippen molar-refractivity contribution in [3.05, 3.63) is 60.3 Å². The predicted molar refractivity (Wildman–Crippen MR) is 70.0 cm³/mol. The Bertz CT molecular complexity index is 735. The van der Waals surface area contributed by atoms with Crippen LogP contribution in [-0.2, 0) is 6.54 Å². The van der Waals surface area contributed by atoms with Crippen LogP contribution in [-0.4, -0.2) is 25.6 Å². The van der Waals surface area contributed by atoms with E-state index in [0.717, 1.165) is 16.6 Å². The quantitative estimate of drug-likeness (QED) is 0.776. The molecule has 2 aromatic heterocycles. The van der Waals surface area contributed by atoms with E-state index < -0.39 is 5.97 Å². The van der Waals surface area contributed by atoms with E-state index in [1.54, 1.807) is 22.9 Å². The molecule has 0 spiro atoms. The van der Waals surface area contributed by atoms with Crippen LogP contribution in [0.4, 0.5) is 0 Å². The molecule has 0 atom stereocenters. The molecule has 5 nitrogen and oxygen atoms in total. The molecule has 94 valence electrons. The molecule has 0 aliphatic heterocycles. The maximum Gasteiger partial charge on any atom is 0.352 e. The minimum absolute atomic E-state index is 0.264. The minimum Gasteiger partial charge on any atom is -0.477 e. The zero-order valence-electron chi connectivity index (χ0n) is 10.0. The van der Waals surface area contributed by atoms with Gasteiger partial charge < -0.3 is 9.67 Å². The predicted octanol–water partition coefficient (Wildman–Crippen LogP) is 2.18. The van der Waals surface area contributed by atoms with Crippen molar-refractivity contribution in [1.29, 1.82) is 0 Å². The normalized spacial score (nSPS) is 10.7. The van der Waals surface area contributed by atoms with Crippen LogP contribution in [0.3, 0.4) is 0 Å². The van der Waals surface area contributed by atoms with Gasteiger partial charge in [-0.1, -0.05) is 18.2 Å². The molecule has 0 bridgehead atoms. The van der Waals surface area contributed by atoms with E-state index in [2.05, 4.69) is 9.97 Å². The third-order valence-electron chi connectivity index (χ3n) is 2.99. The van der Waals surface area contributed by atoms with Crippen molar-refractivity contribution in [1.82, 2.24) is 14.5 Å². The highest BCUT2D eigenvalue weighted by Crippen LogP contribution is 2.20. The van der Waals surface area contributed by atoms with Crippen molar-refractivity contribution in [2.75, 3.05) is 0 Å². The van der Waals surface area contributed by atoms with E-state index in [1.807, 2.05) is 24.3 Å². The van der Waals surface area contributed by atoms with E-state index in [9.17, 15) is 9.90 Å². The molecule has 3 aromatic rings. The summed E-state index contributed by atoms with van der Waals surface area (Å²) < 4.78 is 1.75. The molecule has 0 saturated carbocycles. The van der Waals surface area contributed by atoms with Crippen LogP contribution in [0.15, 0.2) is 48.9 Å². The Balaban J connectivity index is 2.15. The lowest BCUT2D eigenvalue weighted by Gasteiger charge is -2.07. The molecule has 0 aliphatic rings. The maximum atomic E-state index is 11.3. The topological polar surface area (TPSA) is 68.0 Å². The van der Waals surface area contributed by atoms with Gasteiger partial charge in [-0.05, 0) is 18.2 Å². The first-order valence-corrected chi connectivity index (χ1v) is 5.82. The van der Waals surface area contributed by atoms with Gasteiger partial charge in [-0.15, -0.1) is 0 Å². The number of benzene rings is 1. The SMILES string of the molecule is O=C(O)c1cc2ccccc2n1Cc1ccncn1. The zero-order valence-corrected chi connectivity index (χ0v) is 10.0. The van der Waals surface area contributed by atoms with E-state index in [1.165, 1.54) is 6.33 Å². The summed E-state index contributed by atoms with van der Waals surface area (Å²) in [5.41, 5.74) is 1.93. The van der Waals surface area contributed by atoms with Crippen molar-refractivity contribution in [2.24, 2.45) is 0 Å². The van der Waals surface area contributed by atoms with Gasteiger partial charge in [0.1, 0.15) is 12.0 Å². The second kappa shape index (κ2) is 4.53. The number of fused-ring (bicyclic) bond motifs is 1. The fraction of sp³-hybridized carbons (Fsp3) is 0.0714. The molecule has 19 heavy (non-hydrogen) atoms. The number of aromatic carboxylic acids is 1. The van der Waals surface area contributed by atoms with Gasteiger partial charge in [-0.25, -0.2) is 14.8 Å². The molecule has 1 N–H and O–H groups in total. The van der Waals surface area contributed by atoms with Gasteiger partial charge in [-0.3, -0.25) is 0 Å². The highest BCUT2D eigenvalue weighted by atomic mass is 16.4. The summed E-state index contributed by atoms with van der Waals surface area (Å²) in [4.78, 5) is 19.3. The first kappa shape index (κ1) is 11.4. The van der Waals surface area contributed by atoms with Crippen molar-refractivity contribution in [3.63, 3.8) is 0 Å². The highest BCUT2D eigenvalue weighted by molar-refractivity contribution is 5.94. The van der Waals surface area contributed by atoms with E-state index in [0.29, 0.717) is 6.54 Å². The van der Waals surface area contributed by atoms with Gasteiger partial charge in [0, 0.05) is 17.1 Å². The molecule has 0 fully saturated rings. The molecule has 0 unspecified atom stereocenters. The van der Waals surface area contributed by atoms with Gasteiger partial charge in [0.25, 0.3) is 0 Å². The molecular formula is C14H11N3O2. The van der Waals surface area contributed by atoms with Gasteiger partial charge in [-0.2, -0.15) is 0 Å². The van der Waals surface area contributed by atoms with Gasteiger partial charge in [0.05, 0.1) is 12.2 Å². The fourth-order valence-electron chi connectivity index (χ4n) is 2.13. The number of nitrogens with zero attached hydrogens (tertiary/aromatic N) is 3. The second-order valence-electron chi connectivity index (χ2n) is 4.18. The molecular weight excluding hydrogens is 242 g/mol. The smallest absolute Gasteiger partial charge is 0.352 e. The molecule has 5 heteroatoms. The van der Waals surface area contributed by atoms with E-state index in [-0.39, 0.29) is 5.69 Å². The number of hydrogen-bond acceptors (Lipinski definition) is 3. The second-order valence-corrected chi connectivity index (χ2v) is 4.18. The van der Waals surface area contributed by atoms with Crippen molar-refractivity contribution >= 4 is 16.9 Å². The average Bonchev–Trinajstić information content (AvgIpc) is 2.79. The molecule has 1 aromatic carbocycles. The molecule has 0 amide bonds. The Morgan fingerprint density at radius 2 is 2.11 bits per heavy atom. The van der Waals surface area contributed by atoms with Crippen LogP contribution in [0, 0.1) is 0 Å². The van der Waals surface area contributed by atoms with Gasteiger partial charge in [0.15, 0.2) is 0 Å². The standard InChI is InChI=1S/C14H11N3O2/c18-14(19)13-7-10-3-1-2-4-12(10)17(13)8-11-5-6-15-9-16-11/h1-7,9H,8H2,(H,18,19). The molecule has 0 aliphatic carbocycles. The molecule has 2 heterocycles. The van der Waals surface area contributed by atoms with Crippen molar-refractivity contribution in [3.8, 4) is 0 Å². The number of carboxylic acid groups (broad SMARTS) is 1. The van der Waals surface area contributed by atoms with Gasteiger partial charge in [0.2, 0.25) is 0 Å². The van der Waals surface area contributed by atoms with E-state index in [4.69, 9.17) is 0 Å². The summed E-state index contributed by atoms with van der Waals surface area (Å²) in [7, 11) is 0. The lowest BCUT2D eigenvalue weighted by Crippen LogP contribution is -2.10. The number of rotatable bonds is 3. The third-order valence-corrected chi connectivity index (χ3v) is 2.99. The van der Waals surface area contributed by atoms with Crippen molar-refractivity contribution < 1.29 is 9.90 Å². The number of carboxylic acids is 1. The number of carbonyl (C=O) groups is 1. The lowest BCUT2D eigenvalue weighted by molar-refractivity contribution is 0.0686. The number of para-hydroxylation sites is 1. The van der Waals surface area contributed by atoms with Crippen LogP contribution in [0.2, 0.25) is 0 Å². The Morgan fingerprint density at radius 1 is 1.26 bits per heavy atom.